The summed E-state index contributed by atoms with van der Waals surface area (Å²) in [6, 6.07) is 0.00954. The maximum Gasteiger partial charge on any atom is 0.125 e. The molecule has 2 N–H and O–H groups in total. The summed E-state index contributed by atoms with van der Waals surface area (Å²) in [4.78, 5) is 4.27. The molecule has 1 aromatic heterocycles. The highest BCUT2D eigenvalue weighted by Gasteiger charge is 2.24. The molecule has 0 radical (unpaired) electrons. The van der Waals surface area contributed by atoms with Crippen LogP contribution in [0.5, 0.6) is 0 Å². The van der Waals surface area contributed by atoms with Gasteiger partial charge in [-0.3, -0.25) is 0 Å². The van der Waals surface area contributed by atoms with E-state index in [1.165, 1.54) is 0 Å². The van der Waals surface area contributed by atoms with Crippen molar-refractivity contribution in [3.63, 3.8) is 0 Å². The number of nitrogens with two attached hydrogens (primary N) is 1. The molecule has 1 saturated heterocycles. The number of aromatic nitrogens is 2. The van der Waals surface area contributed by atoms with Crippen LogP contribution in [0.25, 0.3) is 0 Å². The fourth-order valence-electron chi connectivity index (χ4n) is 1.96. The average molecular weight is 195 g/mol. The van der Waals surface area contributed by atoms with E-state index in [-0.39, 0.29) is 6.04 Å². The minimum Gasteiger partial charge on any atom is -0.381 e. The lowest BCUT2D eigenvalue weighted by molar-refractivity contribution is 0.0433. The summed E-state index contributed by atoms with van der Waals surface area (Å²) in [6.07, 6.45) is 5.98. The molecule has 0 aliphatic carbocycles. The van der Waals surface area contributed by atoms with Crippen LogP contribution in [0.1, 0.15) is 24.7 Å². The van der Waals surface area contributed by atoms with Gasteiger partial charge in [0.2, 0.25) is 0 Å². The Labute approximate surface area is 84.1 Å². The molecule has 0 saturated carbocycles. The zero-order chi connectivity index (χ0) is 9.97. The molecule has 0 aromatic carbocycles. The second-order valence-electron chi connectivity index (χ2n) is 3.90. The Balaban J connectivity index is 2.07. The van der Waals surface area contributed by atoms with Crippen molar-refractivity contribution in [1.29, 1.82) is 0 Å². The maximum atomic E-state index is 6.15. The van der Waals surface area contributed by atoms with Crippen LogP contribution < -0.4 is 5.73 Å². The highest BCUT2D eigenvalue weighted by Crippen LogP contribution is 2.25. The van der Waals surface area contributed by atoms with Gasteiger partial charge in [-0.15, -0.1) is 0 Å². The molecule has 4 nitrogen and oxygen atoms in total. The standard InChI is InChI=1S/C10H17N3O/c1-13-5-4-12-10(13)9(11)8-3-2-6-14-7-8/h4-5,8-9H,2-3,6-7,11H2,1H3/t8-,9-/m0/s1. The van der Waals surface area contributed by atoms with E-state index in [0.29, 0.717) is 5.92 Å². The van der Waals surface area contributed by atoms with E-state index in [1.54, 1.807) is 6.20 Å². The summed E-state index contributed by atoms with van der Waals surface area (Å²) < 4.78 is 7.41. The molecule has 1 aliphatic rings. The van der Waals surface area contributed by atoms with E-state index in [9.17, 15) is 0 Å². The predicted molar refractivity (Wildman–Crippen MR) is 53.7 cm³/mol. The van der Waals surface area contributed by atoms with Crippen molar-refractivity contribution in [1.82, 2.24) is 9.55 Å². The van der Waals surface area contributed by atoms with Gasteiger partial charge < -0.3 is 15.0 Å². The molecule has 2 atom stereocenters. The second kappa shape index (κ2) is 4.11. The van der Waals surface area contributed by atoms with Gasteiger partial charge in [0.25, 0.3) is 0 Å². The monoisotopic (exact) mass is 195 g/mol. The molecule has 1 fully saturated rings. The molecule has 1 aliphatic heterocycles. The number of imidazole rings is 1. The van der Waals surface area contributed by atoms with E-state index in [2.05, 4.69) is 4.98 Å². The van der Waals surface area contributed by atoms with Crippen LogP contribution in [0.2, 0.25) is 0 Å². The normalized spacial score (nSPS) is 24.9. The Bertz CT molecular complexity index is 291. The zero-order valence-corrected chi connectivity index (χ0v) is 8.52. The molecule has 2 rings (SSSR count). The molecule has 0 bridgehead atoms. The van der Waals surface area contributed by atoms with Crippen molar-refractivity contribution in [3.05, 3.63) is 18.2 Å². The number of rotatable bonds is 2. The molecule has 1 aromatic rings. The Morgan fingerprint density at radius 1 is 1.71 bits per heavy atom. The van der Waals surface area contributed by atoms with Gasteiger partial charge in [-0.05, 0) is 12.8 Å². The van der Waals surface area contributed by atoms with Crippen LogP contribution in [0.4, 0.5) is 0 Å². The van der Waals surface area contributed by atoms with Gasteiger partial charge >= 0.3 is 0 Å². The summed E-state index contributed by atoms with van der Waals surface area (Å²) in [5.74, 6) is 1.38. The first kappa shape index (κ1) is 9.68. The van der Waals surface area contributed by atoms with E-state index in [1.807, 2.05) is 17.8 Å². The molecule has 0 amide bonds. The largest absolute Gasteiger partial charge is 0.381 e. The summed E-state index contributed by atoms with van der Waals surface area (Å²) in [5, 5.41) is 0. The van der Waals surface area contributed by atoms with Crippen LogP contribution in [0.3, 0.4) is 0 Å². The second-order valence-corrected chi connectivity index (χ2v) is 3.90. The lowest BCUT2D eigenvalue weighted by atomic mass is 9.94. The lowest BCUT2D eigenvalue weighted by Gasteiger charge is -2.27. The molecule has 0 spiro atoms. The van der Waals surface area contributed by atoms with Gasteiger partial charge in [0, 0.05) is 32.0 Å². The lowest BCUT2D eigenvalue weighted by Crippen LogP contribution is -2.30. The molecular weight excluding hydrogens is 178 g/mol. The predicted octanol–water partition coefficient (Wildman–Crippen LogP) is 0.846. The van der Waals surface area contributed by atoms with Crippen molar-refractivity contribution in [2.24, 2.45) is 18.7 Å². The third kappa shape index (κ3) is 1.81. The number of hydrogen-bond acceptors (Lipinski definition) is 3. The Morgan fingerprint density at radius 3 is 3.14 bits per heavy atom. The third-order valence-corrected chi connectivity index (χ3v) is 2.86. The maximum absolute atomic E-state index is 6.15. The molecule has 14 heavy (non-hydrogen) atoms. The van der Waals surface area contributed by atoms with Crippen LogP contribution in [0.15, 0.2) is 12.4 Å². The Kier molecular flexibility index (Phi) is 2.84. The molecule has 78 valence electrons. The summed E-state index contributed by atoms with van der Waals surface area (Å²) in [6.45, 7) is 1.65. The summed E-state index contributed by atoms with van der Waals surface area (Å²) >= 11 is 0. The van der Waals surface area contributed by atoms with Crippen molar-refractivity contribution in [3.8, 4) is 0 Å². The van der Waals surface area contributed by atoms with E-state index in [0.717, 1.165) is 31.9 Å². The number of aryl methyl sites for hydroxylation is 1. The topological polar surface area (TPSA) is 53.1 Å². The molecular formula is C10H17N3O. The van der Waals surface area contributed by atoms with E-state index in [4.69, 9.17) is 10.5 Å². The number of nitrogens with zero attached hydrogens (tertiary/aromatic N) is 2. The fourth-order valence-corrected chi connectivity index (χ4v) is 1.96. The van der Waals surface area contributed by atoms with Crippen LogP contribution in [0, 0.1) is 5.92 Å². The van der Waals surface area contributed by atoms with Gasteiger partial charge in [-0.1, -0.05) is 0 Å². The zero-order valence-electron chi connectivity index (χ0n) is 8.52. The summed E-state index contributed by atoms with van der Waals surface area (Å²) in [7, 11) is 1.98. The molecule has 0 unspecified atom stereocenters. The molecule has 2 heterocycles. The number of ether oxygens (including phenoxy) is 1. The Hall–Kier alpha value is -0.870. The minimum atomic E-state index is 0.00954. The highest BCUT2D eigenvalue weighted by atomic mass is 16.5. The van der Waals surface area contributed by atoms with Gasteiger partial charge in [0.15, 0.2) is 0 Å². The quantitative estimate of drug-likeness (QED) is 0.761. The van der Waals surface area contributed by atoms with Gasteiger partial charge in [-0.25, -0.2) is 4.98 Å². The van der Waals surface area contributed by atoms with E-state index < -0.39 is 0 Å². The van der Waals surface area contributed by atoms with Crippen molar-refractivity contribution >= 4 is 0 Å². The van der Waals surface area contributed by atoms with Crippen molar-refractivity contribution in [2.45, 2.75) is 18.9 Å². The molecule has 4 heteroatoms. The first-order chi connectivity index (χ1) is 6.79. The number of hydrogen-bond donors (Lipinski definition) is 1. The Morgan fingerprint density at radius 2 is 2.57 bits per heavy atom. The summed E-state index contributed by atoms with van der Waals surface area (Å²) in [5.41, 5.74) is 6.15. The highest BCUT2D eigenvalue weighted by molar-refractivity contribution is 5.00. The van der Waals surface area contributed by atoms with Crippen LogP contribution in [-0.4, -0.2) is 22.8 Å². The van der Waals surface area contributed by atoms with E-state index >= 15 is 0 Å². The van der Waals surface area contributed by atoms with Crippen molar-refractivity contribution < 1.29 is 4.74 Å². The smallest absolute Gasteiger partial charge is 0.125 e. The minimum absolute atomic E-state index is 0.00954. The first-order valence-electron chi connectivity index (χ1n) is 5.09. The van der Waals surface area contributed by atoms with Crippen LogP contribution in [-0.2, 0) is 11.8 Å². The fraction of sp³-hybridized carbons (Fsp3) is 0.700. The van der Waals surface area contributed by atoms with Crippen LogP contribution >= 0.6 is 0 Å². The first-order valence-corrected chi connectivity index (χ1v) is 5.09. The van der Waals surface area contributed by atoms with Crippen molar-refractivity contribution in [2.75, 3.05) is 13.2 Å². The van der Waals surface area contributed by atoms with Gasteiger partial charge in [0.1, 0.15) is 5.82 Å². The van der Waals surface area contributed by atoms with Gasteiger partial charge in [-0.2, -0.15) is 0 Å². The van der Waals surface area contributed by atoms with Gasteiger partial charge in [0.05, 0.1) is 12.6 Å². The third-order valence-electron chi connectivity index (χ3n) is 2.86. The SMILES string of the molecule is Cn1ccnc1[C@@H](N)[C@H]1CCCOC1. The average Bonchev–Trinajstić information content (AvgIpc) is 2.65.